The number of anilines is 1. The number of nitrogens with zero attached hydrogens (tertiary/aromatic N) is 2. The highest BCUT2D eigenvalue weighted by atomic mass is 16.4. The van der Waals surface area contributed by atoms with Crippen molar-refractivity contribution in [1.29, 1.82) is 5.26 Å². The molecule has 2 aromatic carbocycles. The van der Waals surface area contributed by atoms with Crippen LogP contribution in [-0.2, 0) is 11.3 Å². The lowest BCUT2D eigenvalue weighted by Crippen LogP contribution is -2.23. The van der Waals surface area contributed by atoms with Crippen LogP contribution in [0.2, 0.25) is 0 Å². The second-order valence-corrected chi connectivity index (χ2v) is 5.05. The number of carbonyl (C=O) groups excluding carboxylic acids is 1. The van der Waals surface area contributed by atoms with Crippen molar-refractivity contribution in [2.45, 2.75) is 13.5 Å². The molecule has 4 heteroatoms. The highest BCUT2D eigenvalue weighted by molar-refractivity contribution is 5.95. The molecule has 0 aliphatic heterocycles. The van der Waals surface area contributed by atoms with Gasteiger partial charge >= 0.3 is 0 Å². The van der Waals surface area contributed by atoms with Gasteiger partial charge in [0.1, 0.15) is 6.07 Å². The summed E-state index contributed by atoms with van der Waals surface area (Å²) in [4.78, 5) is 13.0. The molecule has 0 saturated heterocycles. The molecule has 0 aliphatic rings. The number of carboxylic acids is 1. The summed E-state index contributed by atoms with van der Waals surface area (Å²) in [5, 5.41) is 19.5. The molecule has 0 fully saturated rings. The Kier molecular flexibility index (Phi) is 5.54. The zero-order chi connectivity index (χ0) is 16.7. The molecule has 0 aromatic heterocycles. The third-order valence-electron chi connectivity index (χ3n) is 3.51. The van der Waals surface area contributed by atoms with Crippen LogP contribution in [0.4, 0.5) is 5.69 Å². The van der Waals surface area contributed by atoms with Gasteiger partial charge in [-0.2, -0.15) is 5.26 Å². The van der Waals surface area contributed by atoms with Gasteiger partial charge in [0.25, 0.3) is 0 Å². The molecule has 0 aliphatic carbocycles. The van der Waals surface area contributed by atoms with Crippen molar-refractivity contribution in [2.75, 3.05) is 11.4 Å². The van der Waals surface area contributed by atoms with Crippen molar-refractivity contribution >= 4 is 17.7 Å². The van der Waals surface area contributed by atoms with E-state index in [0.29, 0.717) is 5.56 Å². The van der Waals surface area contributed by atoms with Crippen LogP contribution in [0.3, 0.4) is 0 Å². The molecule has 0 spiro atoms. The van der Waals surface area contributed by atoms with E-state index in [-0.39, 0.29) is 5.57 Å². The maximum Gasteiger partial charge on any atom is 0.101 e. The summed E-state index contributed by atoms with van der Waals surface area (Å²) in [6, 6.07) is 19.2. The summed E-state index contributed by atoms with van der Waals surface area (Å²) in [5.41, 5.74) is 2.54. The Balaban J connectivity index is 2.17. The SMILES string of the molecule is CCN(Cc1ccccc1)c1ccc(/C=C(\C#N)C(=O)[O-])cc1. The second kappa shape index (κ2) is 7.81. The molecule has 0 bridgehead atoms. The number of aliphatic carboxylic acids is 1. The molecule has 0 amide bonds. The fourth-order valence-electron chi connectivity index (χ4n) is 2.27. The van der Waals surface area contributed by atoms with Gasteiger partial charge in [0, 0.05) is 18.8 Å². The first-order valence-electron chi connectivity index (χ1n) is 7.36. The molecule has 4 nitrogen and oxygen atoms in total. The monoisotopic (exact) mass is 305 g/mol. The van der Waals surface area contributed by atoms with E-state index < -0.39 is 5.97 Å². The fraction of sp³-hybridized carbons (Fsp3) is 0.158. The van der Waals surface area contributed by atoms with E-state index in [1.807, 2.05) is 30.3 Å². The fourth-order valence-corrected chi connectivity index (χ4v) is 2.27. The minimum atomic E-state index is -1.46. The summed E-state index contributed by atoms with van der Waals surface area (Å²) in [6.45, 7) is 3.74. The third kappa shape index (κ3) is 4.45. The van der Waals surface area contributed by atoms with E-state index in [4.69, 9.17) is 5.26 Å². The van der Waals surface area contributed by atoms with Gasteiger partial charge < -0.3 is 14.8 Å². The molecule has 0 atom stereocenters. The van der Waals surface area contributed by atoms with Crippen LogP contribution in [0.25, 0.3) is 6.08 Å². The third-order valence-corrected chi connectivity index (χ3v) is 3.51. The number of benzene rings is 2. The molecule has 0 unspecified atom stereocenters. The lowest BCUT2D eigenvalue weighted by molar-refractivity contribution is -0.298. The maximum atomic E-state index is 10.7. The molecular formula is C19H17N2O2-. The molecule has 0 saturated carbocycles. The average molecular weight is 305 g/mol. The molecular weight excluding hydrogens is 288 g/mol. The van der Waals surface area contributed by atoms with Crippen LogP contribution >= 0.6 is 0 Å². The molecule has 2 rings (SSSR count). The number of nitriles is 1. The van der Waals surface area contributed by atoms with Gasteiger partial charge in [-0.25, -0.2) is 0 Å². The predicted molar refractivity (Wildman–Crippen MR) is 88.2 cm³/mol. The highest BCUT2D eigenvalue weighted by Gasteiger charge is 2.05. The second-order valence-electron chi connectivity index (χ2n) is 5.05. The Morgan fingerprint density at radius 3 is 2.35 bits per heavy atom. The zero-order valence-electron chi connectivity index (χ0n) is 12.9. The zero-order valence-corrected chi connectivity index (χ0v) is 12.9. The van der Waals surface area contributed by atoms with Crippen molar-refractivity contribution < 1.29 is 9.90 Å². The summed E-state index contributed by atoms with van der Waals surface area (Å²) >= 11 is 0. The van der Waals surface area contributed by atoms with Crippen LogP contribution in [0, 0.1) is 11.3 Å². The summed E-state index contributed by atoms with van der Waals surface area (Å²) in [5.74, 6) is -1.46. The molecule has 23 heavy (non-hydrogen) atoms. The smallest absolute Gasteiger partial charge is 0.101 e. The van der Waals surface area contributed by atoms with E-state index >= 15 is 0 Å². The largest absolute Gasteiger partial charge is 0.544 e. The number of carboxylic acid groups (broad SMARTS) is 1. The maximum absolute atomic E-state index is 10.7. The van der Waals surface area contributed by atoms with Gasteiger partial charge in [0.2, 0.25) is 0 Å². The first-order valence-corrected chi connectivity index (χ1v) is 7.36. The van der Waals surface area contributed by atoms with Crippen molar-refractivity contribution in [3.8, 4) is 6.07 Å². The van der Waals surface area contributed by atoms with Crippen molar-refractivity contribution in [3.05, 3.63) is 71.3 Å². The quantitative estimate of drug-likeness (QED) is 0.607. The van der Waals surface area contributed by atoms with E-state index in [0.717, 1.165) is 18.8 Å². The Hall–Kier alpha value is -3.06. The van der Waals surface area contributed by atoms with Crippen LogP contribution in [0.5, 0.6) is 0 Å². The molecule has 116 valence electrons. The minimum Gasteiger partial charge on any atom is -0.544 e. The molecule has 0 N–H and O–H groups in total. The van der Waals surface area contributed by atoms with E-state index in [2.05, 4.69) is 24.0 Å². The van der Waals surface area contributed by atoms with Gasteiger partial charge in [-0.1, -0.05) is 42.5 Å². The number of carbonyl (C=O) groups is 1. The van der Waals surface area contributed by atoms with Crippen LogP contribution in [0.1, 0.15) is 18.1 Å². The van der Waals surface area contributed by atoms with Gasteiger partial charge in [-0.3, -0.25) is 0 Å². The molecule has 0 radical (unpaired) electrons. The molecule has 2 aromatic rings. The Morgan fingerprint density at radius 1 is 1.17 bits per heavy atom. The first kappa shape index (κ1) is 16.3. The van der Waals surface area contributed by atoms with Gasteiger partial charge in [-0.15, -0.1) is 0 Å². The van der Waals surface area contributed by atoms with Crippen LogP contribution < -0.4 is 10.0 Å². The summed E-state index contributed by atoms with van der Waals surface area (Å²) in [6.07, 6.45) is 1.31. The summed E-state index contributed by atoms with van der Waals surface area (Å²) in [7, 11) is 0. The topological polar surface area (TPSA) is 67.2 Å². The van der Waals surface area contributed by atoms with Crippen molar-refractivity contribution in [3.63, 3.8) is 0 Å². The van der Waals surface area contributed by atoms with E-state index in [9.17, 15) is 9.90 Å². The first-order chi connectivity index (χ1) is 11.1. The normalized spacial score (nSPS) is 10.9. The van der Waals surface area contributed by atoms with Crippen molar-refractivity contribution in [1.82, 2.24) is 0 Å². The standard InChI is InChI=1S/C19H18N2O2/c1-2-21(14-16-6-4-3-5-7-16)18-10-8-15(9-11-18)12-17(13-20)19(22)23/h3-12H,2,14H2,1H3,(H,22,23)/p-1/b17-12+. The van der Waals surface area contributed by atoms with Crippen LogP contribution in [-0.4, -0.2) is 12.5 Å². The van der Waals surface area contributed by atoms with E-state index in [1.54, 1.807) is 18.2 Å². The number of hydrogen-bond acceptors (Lipinski definition) is 4. The van der Waals surface area contributed by atoms with Gasteiger partial charge in [0.05, 0.1) is 11.5 Å². The minimum absolute atomic E-state index is 0.380. The predicted octanol–water partition coefficient (Wildman–Crippen LogP) is 2.37. The summed E-state index contributed by atoms with van der Waals surface area (Å²) < 4.78 is 0. The number of rotatable bonds is 6. The van der Waals surface area contributed by atoms with Gasteiger partial charge in [-0.05, 0) is 36.3 Å². The lowest BCUT2D eigenvalue weighted by atomic mass is 10.1. The highest BCUT2D eigenvalue weighted by Crippen LogP contribution is 2.19. The number of hydrogen-bond donors (Lipinski definition) is 0. The lowest BCUT2D eigenvalue weighted by Gasteiger charge is -2.23. The van der Waals surface area contributed by atoms with Crippen LogP contribution in [0.15, 0.2) is 60.2 Å². The molecule has 0 heterocycles. The average Bonchev–Trinajstić information content (AvgIpc) is 2.59. The van der Waals surface area contributed by atoms with Gasteiger partial charge in [0.15, 0.2) is 0 Å². The Morgan fingerprint density at radius 2 is 1.83 bits per heavy atom. The Labute approximate surface area is 135 Å². The Bertz CT molecular complexity index is 728. The van der Waals surface area contributed by atoms with E-state index in [1.165, 1.54) is 11.6 Å². The van der Waals surface area contributed by atoms with Crippen molar-refractivity contribution in [2.24, 2.45) is 0 Å².